The first-order chi connectivity index (χ1) is 12.3. The van der Waals surface area contributed by atoms with E-state index in [4.69, 9.17) is 5.11 Å². The van der Waals surface area contributed by atoms with Crippen molar-refractivity contribution in [1.29, 1.82) is 0 Å². The first-order valence-electron chi connectivity index (χ1n) is 7.69. The van der Waals surface area contributed by atoms with E-state index in [9.17, 15) is 18.0 Å². The highest BCUT2D eigenvalue weighted by Gasteiger charge is 2.33. The molecule has 3 rings (SSSR count). The third-order valence-electron chi connectivity index (χ3n) is 3.77. The lowest BCUT2D eigenvalue weighted by Crippen LogP contribution is -2.50. The van der Waals surface area contributed by atoms with Crippen LogP contribution < -0.4 is 10.2 Å². The van der Waals surface area contributed by atoms with Gasteiger partial charge in [0.1, 0.15) is 11.5 Å². The first kappa shape index (κ1) is 17.7. The lowest BCUT2D eigenvalue weighted by molar-refractivity contribution is -0.141. The van der Waals surface area contributed by atoms with Crippen molar-refractivity contribution in [1.82, 2.24) is 19.9 Å². The number of anilines is 2. The molecule has 0 atom stereocenters. The first-order valence-corrected chi connectivity index (χ1v) is 7.69. The van der Waals surface area contributed by atoms with Gasteiger partial charge in [0.2, 0.25) is 5.95 Å². The monoisotopic (exact) mass is 368 g/mol. The topological polar surface area (TPSA) is 94.5 Å². The van der Waals surface area contributed by atoms with Crippen LogP contribution in [0.25, 0.3) is 0 Å². The number of rotatable bonds is 2. The fraction of sp³-hybridized carbons (Fsp3) is 0.333. The maximum atomic E-state index is 12.8. The molecule has 138 valence electrons. The van der Waals surface area contributed by atoms with Crippen LogP contribution in [0.15, 0.2) is 30.6 Å². The van der Waals surface area contributed by atoms with Crippen LogP contribution in [0.1, 0.15) is 5.69 Å². The number of hydrogen-bond acceptors (Lipinski definition) is 6. The number of urea groups is 1. The molecule has 0 saturated carbocycles. The molecule has 2 aromatic heterocycles. The summed E-state index contributed by atoms with van der Waals surface area (Å²) in [4.78, 5) is 26.5. The van der Waals surface area contributed by atoms with Gasteiger partial charge < -0.3 is 14.9 Å². The number of carbonyl (C=O) groups is 1. The second-order valence-corrected chi connectivity index (χ2v) is 5.55. The maximum Gasteiger partial charge on any atom is 0.433 e. The molecular formula is C15H15F3N6O2. The highest BCUT2D eigenvalue weighted by Crippen LogP contribution is 2.29. The lowest BCUT2D eigenvalue weighted by atomic mass is 10.3. The molecule has 1 saturated heterocycles. The number of nitrogens with one attached hydrogen (secondary N) is 1. The Balaban J connectivity index is 1.59. The second kappa shape index (κ2) is 7.02. The van der Waals surface area contributed by atoms with Crippen molar-refractivity contribution in [3.63, 3.8) is 0 Å². The Morgan fingerprint density at radius 1 is 1.12 bits per heavy atom. The molecule has 26 heavy (non-hydrogen) atoms. The van der Waals surface area contributed by atoms with E-state index < -0.39 is 17.9 Å². The van der Waals surface area contributed by atoms with Crippen LogP contribution in [0.4, 0.5) is 29.7 Å². The van der Waals surface area contributed by atoms with E-state index in [0.717, 1.165) is 18.5 Å². The van der Waals surface area contributed by atoms with Gasteiger partial charge in [0.15, 0.2) is 5.75 Å². The van der Waals surface area contributed by atoms with Crippen LogP contribution in [-0.2, 0) is 6.18 Å². The molecule has 0 aromatic carbocycles. The predicted octanol–water partition coefficient (Wildman–Crippen LogP) is 1.95. The second-order valence-electron chi connectivity index (χ2n) is 5.55. The SMILES string of the molecule is O=C(Nc1ncc(O)cn1)N1CCN(c2cccc(C(F)(F)F)n2)CC1. The normalized spacial score (nSPS) is 15.0. The van der Waals surface area contributed by atoms with E-state index in [0.29, 0.717) is 26.2 Å². The molecule has 11 heteroatoms. The number of carbonyl (C=O) groups excluding carboxylic acids is 1. The van der Waals surface area contributed by atoms with Crippen molar-refractivity contribution in [2.75, 3.05) is 36.4 Å². The van der Waals surface area contributed by atoms with Crippen molar-refractivity contribution >= 4 is 17.8 Å². The molecule has 2 aromatic rings. The van der Waals surface area contributed by atoms with E-state index in [-0.39, 0.29) is 17.5 Å². The highest BCUT2D eigenvalue weighted by atomic mass is 19.4. The fourth-order valence-electron chi connectivity index (χ4n) is 2.46. The summed E-state index contributed by atoms with van der Waals surface area (Å²) in [5.41, 5.74) is -0.945. The minimum Gasteiger partial charge on any atom is -0.505 e. The zero-order valence-corrected chi connectivity index (χ0v) is 13.4. The average molecular weight is 368 g/mol. The average Bonchev–Trinajstić information content (AvgIpc) is 2.63. The molecular weight excluding hydrogens is 353 g/mol. The van der Waals surface area contributed by atoms with E-state index in [1.165, 1.54) is 17.0 Å². The number of aromatic nitrogens is 3. The lowest BCUT2D eigenvalue weighted by Gasteiger charge is -2.35. The molecule has 0 radical (unpaired) electrons. The molecule has 1 aliphatic heterocycles. The Hall–Kier alpha value is -3.11. The Morgan fingerprint density at radius 3 is 2.38 bits per heavy atom. The number of amides is 2. The van der Waals surface area contributed by atoms with E-state index >= 15 is 0 Å². The molecule has 8 nitrogen and oxygen atoms in total. The van der Waals surface area contributed by atoms with Crippen LogP contribution >= 0.6 is 0 Å². The maximum absolute atomic E-state index is 12.8. The van der Waals surface area contributed by atoms with Crippen molar-refractivity contribution in [3.05, 3.63) is 36.3 Å². The number of piperazine rings is 1. The largest absolute Gasteiger partial charge is 0.505 e. The fourth-order valence-corrected chi connectivity index (χ4v) is 2.46. The summed E-state index contributed by atoms with van der Waals surface area (Å²) in [5, 5.41) is 11.6. The minimum atomic E-state index is -4.50. The molecule has 2 N–H and O–H groups in total. The molecule has 1 aliphatic rings. The molecule has 3 heterocycles. The zero-order valence-electron chi connectivity index (χ0n) is 13.4. The third kappa shape index (κ3) is 4.10. The third-order valence-corrected chi connectivity index (χ3v) is 3.77. The van der Waals surface area contributed by atoms with Crippen LogP contribution in [-0.4, -0.2) is 57.2 Å². The van der Waals surface area contributed by atoms with Crippen molar-refractivity contribution in [3.8, 4) is 5.75 Å². The van der Waals surface area contributed by atoms with Gasteiger partial charge in [-0.1, -0.05) is 6.07 Å². The van der Waals surface area contributed by atoms with Gasteiger partial charge in [-0.15, -0.1) is 0 Å². The Bertz CT molecular complexity index is 776. The molecule has 0 bridgehead atoms. The molecule has 0 spiro atoms. The summed E-state index contributed by atoms with van der Waals surface area (Å²) in [5.74, 6) is 0.154. The van der Waals surface area contributed by atoms with Crippen molar-refractivity contribution in [2.24, 2.45) is 0 Å². The summed E-state index contributed by atoms with van der Waals surface area (Å²) in [6.07, 6.45) is -2.19. The Labute approximate surface area is 146 Å². The number of alkyl halides is 3. The molecule has 0 aliphatic carbocycles. The Kier molecular flexibility index (Phi) is 4.78. The summed E-state index contributed by atoms with van der Waals surface area (Å²) in [7, 11) is 0. The van der Waals surface area contributed by atoms with Gasteiger partial charge in [-0.2, -0.15) is 13.2 Å². The van der Waals surface area contributed by atoms with Crippen LogP contribution in [0.3, 0.4) is 0 Å². The van der Waals surface area contributed by atoms with Gasteiger partial charge >= 0.3 is 12.2 Å². The van der Waals surface area contributed by atoms with Crippen LogP contribution in [0.2, 0.25) is 0 Å². The van der Waals surface area contributed by atoms with E-state index in [2.05, 4.69) is 20.3 Å². The van der Waals surface area contributed by atoms with Gasteiger partial charge in [-0.05, 0) is 12.1 Å². The van der Waals surface area contributed by atoms with Crippen molar-refractivity contribution in [2.45, 2.75) is 6.18 Å². The smallest absolute Gasteiger partial charge is 0.433 e. The van der Waals surface area contributed by atoms with Gasteiger partial charge in [-0.25, -0.2) is 19.7 Å². The number of pyridine rings is 1. The van der Waals surface area contributed by atoms with Crippen molar-refractivity contribution < 1.29 is 23.1 Å². The molecule has 0 unspecified atom stereocenters. The number of halogens is 3. The zero-order chi connectivity index (χ0) is 18.7. The Morgan fingerprint density at radius 2 is 1.77 bits per heavy atom. The summed E-state index contributed by atoms with van der Waals surface area (Å²) < 4.78 is 38.3. The summed E-state index contributed by atoms with van der Waals surface area (Å²) in [6.45, 7) is 1.31. The van der Waals surface area contributed by atoms with Gasteiger partial charge in [0.25, 0.3) is 0 Å². The molecule has 2 amide bonds. The summed E-state index contributed by atoms with van der Waals surface area (Å²) >= 11 is 0. The predicted molar refractivity (Wildman–Crippen MR) is 85.7 cm³/mol. The van der Waals surface area contributed by atoms with E-state index in [1.807, 2.05) is 0 Å². The van der Waals surface area contributed by atoms with Gasteiger partial charge in [0.05, 0.1) is 12.4 Å². The van der Waals surface area contributed by atoms with Crippen LogP contribution in [0.5, 0.6) is 5.75 Å². The highest BCUT2D eigenvalue weighted by molar-refractivity contribution is 5.87. The van der Waals surface area contributed by atoms with E-state index in [1.54, 1.807) is 4.90 Å². The van der Waals surface area contributed by atoms with Crippen LogP contribution in [0, 0.1) is 0 Å². The summed E-state index contributed by atoms with van der Waals surface area (Å²) in [6, 6.07) is 3.32. The van der Waals surface area contributed by atoms with Gasteiger partial charge in [0, 0.05) is 26.2 Å². The number of nitrogens with zero attached hydrogens (tertiary/aromatic N) is 5. The number of hydrogen-bond donors (Lipinski definition) is 2. The quantitative estimate of drug-likeness (QED) is 0.842. The minimum absolute atomic E-state index is 0.0507. The molecule has 1 fully saturated rings. The number of aromatic hydroxyl groups is 1. The van der Waals surface area contributed by atoms with Gasteiger partial charge in [-0.3, -0.25) is 5.32 Å². The standard InChI is InChI=1S/C15H15F3N6O2/c16-15(17,18)11-2-1-3-12(21-11)23-4-6-24(7-5-23)14(26)22-13-19-8-10(25)9-20-13/h1-3,8-9,25H,4-7H2,(H,19,20,22,26).